The summed E-state index contributed by atoms with van der Waals surface area (Å²) in [6.45, 7) is 7.57. The topological polar surface area (TPSA) is 76.3 Å². The van der Waals surface area contributed by atoms with E-state index < -0.39 is 0 Å². The highest BCUT2D eigenvalue weighted by Gasteiger charge is 2.06. The van der Waals surface area contributed by atoms with E-state index in [1.165, 1.54) is 6.20 Å². The number of hydrazine groups is 1. The Hall–Kier alpha value is -1.11. The zero-order valence-corrected chi connectivity index (χ0v) is 10.9. The van der Waals surface area contributed by atoms with Crippen LogP contribution in [0.4, 0.5) is 5.95 Å². The molecule has 0 saturated carbocycles. The van der Waals surface area contributed by atoms with E-state index >= 15 is 0 Å². The van der Waals surface area contributed by atoms with Crippen LogP contribution in [0.15, 0.2) is 6.20 Å². The van der Waals surface area contributed by atoms with Gasteiger partial charge in [0.1, 0.15) is 11.6 Å². The van der Waals surface area contributed by atoms with Crippen LogP contribution in [0, 0.1) is 0 Å². The number of halogens is 1. The van der Waals surface area contributed by atoms with E-state index in [1.807, 2.05) is 0 Å². The van der Waals surface area contributed by atoms with Gasteiger partial charge in [0, 0.05) is 6.54 Å². The van der Waals surface area contributed by atoms with E-state index in [4.69, 9.17) is 22.2 Å². The normalized spacial score (nSPS) is 10.6. The zero-order valence-electron chi connectivity index (χ0n) is 10.1. The van der Waals surface area contributed by atoms with Crippen LogP contribution in [0.3, 0.4) is 0 Å². The maximum Gasteiger partial charge on any atom is 0.240 e. The number of nitrogens with zero attached hydrogens (tertiary/aromatic N) is 3. The van der Waals surface area contributed by atoms with Gasteiger partial charge >= 0.3 is 0 Å². The third kappa shape index (κ3) is 4.33. The molecule has 3 N–H and O–H groups in total. The van der Waals surface area contributed by atoms with Gasteiger partial charge in [0.25, 0.3) is 0 Å². The van der Waals surface area contributed by atoms with Gasteiger partial charge in [-0.1, -0.05) is 25.4 Å². The van der Waals surface area contributed by atoms with Crippen LogP contribution in [-0.2, 0) is 0 Å². The second-order valence-corrected chi connectivity index (χ2v) is 3.77. The van der Waals surface area contributed by atoms with Crippen molar-refractivity contribution in [1.29, 1.82) is 0 Å². The predicted octanol–water partition coefficient (Wildman–Crippen LogP) is 1.14. The van der Waals surface area contributed by atoms with E-state index in [9.17, 15) is 0 Å². The first kappa shape index (κ1) is 14.0. The molecule has 7 heteroatoms. The molecule has 0 aliphatic heterocycles. The molecule has 1 aromatic rings. The average molecular weight is 260 g/mol. The Balaban J connectivity index is 2.50. The number of rotatable bonds is 7. The molecule has 0 aliphatic rings. The van der Waals surface area contributed by atoms with Gasteiger partial charge in [-0.25, -0.2) is 10.8 Å². The third-order valence-electron chi connectivity index (χ3n) is 2.38. The van der Waals surface area contributed by atoms with Gasteiger partial charge in [0.2, 0.25) is 11.8 Å². The average Bonchev–Trinajstić information content (AvgIpc) is 2.36. The van der Waals surface area contributed by atoms with Crippen molar-refractivity contribution in [2.75, 3.05) is 31.7 Å². The third-order valence-corrected chi connectivity index (χ3v) is 2.64. The van der Waals surface area contributed by atoms with Crippen molar-refractivity contribution in [1.82, 2.24) is 14.9 Å². The van der Waals surface area contributed by atoms with Gasteiger partial charge in [-0.2, -0.15) is 4.98 Å². The summed E-state index contributed by atoms with van der Waals surface area (Å²) in [5, 5.41) is 0.378. The first-order valence-electron chi connectivity index (χ1n) is 5.55. The lowest BCUT2D eigenvalue weighted by molar-refractivity contribution is 0.218. The summed E-state index contributed by atoms with van der Waals surface area (Å²) in [4.78, 5) is 10.1. The van der Waals surface area contributed by atoms with E-state index in [2.05, 4.69) is 34.1 Å². The molecule has 0 spiro atoms. The fourth-order valence-electron chi connectivity index (χ4n) is 1.33. The van der Waals surface area contributed by atoms with Gasteiger partial charge in [-0.05, 0) is 13.1 Å². The summed E-state index contributed by atoms with van der Waals surface area (Å²) in [5.41, 5.74) is 2.34. The largest absolute Gasteiger partial charge is 0.475 e. The molecular weight excluding hydrogens is 242 g/mol. The second kappa shape index (κ2) is 7.26. The lowest BCUT2D eigenvalue weighted by Gasteiger charge is -2.17. The maximum atomic E-state index is 5.90. The summed E-state index contributed by atoms with van der Waals surface area (Å²) in [5.74, 6) is 5.84. The zero-order chi connectivity index (χ0) is 12.7. The minimum atomic E-state index is 0.284. The van der Waals surface area contributed by atoms with Crippen molar-refractivity contribution in [2.24, 2.45) is 5.84 Å². The Labute approximate surface area is 106 Å². The fourth-order valence-corrected chi connectivity index (χ4v) is 1.48. The lowest BCUT2D eigenvalue weighted by atomic mass is 10.5. The maximum absolute atomic E-state index is 5.90. The summed E-state index contributed by atoms with van der Waals surface area (Å²) < 4.78 is 5.49. The van der Waals surface area contributed by atoms with Gasteiger partial charge < -0.3 is 9.64 Å². The van der Waals surface area contributed by atoms with E-state index in [0.29, 0.717) is 17.5 Å². The lowest BCUT2D eigenvalue weighted by Crippen LogP contribution is -2.28. The van der Waals surface area contributed by atoms with Crippen LogP contribution in [-0.4, -0.2) is 41.1 Å². The number of hydrogen-bond acceptors (Lipinski definition) is 6. The molecule has 1 rings (SSSR count). The van der Waals surface area contributed by atoms with E-state index in [1.54, 1.807) is 0 Å². The number of nitrogens with two attached hydrogens (primary N) is 1. The first-order chi connectivity index (χ1) is 8.21. The van der Waals surface area contributed by atoms with Crippen LogP contribution < -0.4 is 16.0 Å². The highest BCUT2D eigenvalue weighted by atomic mass is 35.5. The summed E-state index contributed by atoms with van der Waals surface area (Å²) in [6, 6.07) is 0. The minimum absolute atomic E-state index is 0.284. The van der Waals surface area contributed by atoms with Gasteiger partial charge in [-0.3, -0.25) is 5.43 Å². The molecule has 0 fully saturated rings. The van der Waals surface area contributed by atoms with Crippen LogP contribution in [0.25, 0.3) is 0 Å². The van der Waals surface area contributed by atoms with Crippen molar-refractivity contribution < 1.29 is 4.74 Å². The van der Waals surface area contributed by atoms with Crippen molar-refractivity contribution in [3.63, 3.8) is 0 Å². The van der Waals surface area contributed by atoms with Gasteiger partial charge in [0.05, 0.1) is 6.20 Å². The minimum Gasteiger partial charge on any atom is -0.475 e. The standard InChI is InChI=1S/C10H18ClN5O/c1-3-16(4-2)5-6-17-9-8(11)7-13-10(14-9)15-12/h7H,3-6,12H2,1-2H3,(H,13,14,15). The molecular formula is C10H18ClN5O. The highest BCUT2D eigenvalue weighted by molar-refractivity contribution is 6.31. The number of likely N-dealkylation sites (N-methyl/N-ethyl adjacent to an activating group) is 1. The van der Waals surface area contributed by atoms with Crippen LogP contribution in [0.5, 0.6) is 5.88 Å². The number of nitrogen functional groups attached to an aromatic ring is 1. The molecule has 0 aromatic carbocycles. The van der Waals surface area contributed by atoms with Gasteiger partial charge in [-0.15, -0.1) is 0 Å². The van der Waals surface area contributed by atoms with Gasteiger partial charge in [0.15, 0.2) is 0 Å². The molecule has 0 radical (unpaired) electrons. The quantitative estimate of drug-likeness (QED) is 0.565. The fraction of sp³-hybridized carbons (Fsp3) is 0.600. The number of anilines is 1. The van der Waals surface area contributed by atoms with Crippen molar-refractivity contribution in [3.05, 3.63) is 11.2 Å². The monoisotopic (exact) mass is 259 g/mol. The molecule has 1 aromatic heterocycles. The molecule has 1 heterocycles. The molecule has 0 atom stereocenters. The van der Waals surface area contributed by atoms with Crippen LogP contribution in [0.2, 0.25) is 5.02 Å². The predicted molar refractivity (Wildman–Crippen MR) is 68.1 cm³/mol. The molecule has 6 nitrogen and oxygen atoms in total. The number of ether oxygens (including phenoxy) is 1. The molecule has 96 valence electrons. The molecule has 17 heavy (non-hydrogen) atoms. The Morgan fingerprint density at radius 2 is 2.18 bits per heavy atom. The van der Waals surface area contributed by atoms with Crippen molar-refractivity contribution in [2.45, 2.75) is 13.8 Å². The Bertz CT molecular complexity index is 345. The molecule has 0 saturated heterocycles. The molecule has 0 aliphatic carbocycles. The smallest absolute Gasteiger partial charge is 0.240 e. The Morgan fingerprint density at radius 1 is 1.47 bits per heavy atom. The molecule has 0 unspecified atom stereocenters. The molecule has 0 bridgehead atoms. The summed E-state index contributed by atoms with van der Waals surface area (Å²) in [6.07, 6.45) is 1.45. The Kier molecular flexibility index (Phi) is 5.96. The summed E-state index contributed by atoms with van der Waals surface area (Å²) >= 11 is 5.90. The molecule has 0 amide bonds. The SMILES string of the molecule is CCN(CC)CCOc1nc(NN)ncc1Cl. The van der Waals surface area contributed by atoms with Crippen LogP contribution >= 0.6 is 11.6 Å². The number of nitrogens with one attached hydrogen (secondary N) is 1. The van der Waals surface area contributed by atoms with Crippen LogP contribution in [0.1, 0.15) is 13.8 Å². The second-order valence-electron chi connectivity index (χ2n) is 3.37. The van der Waals surface area contributed by atoms with Crippen molar-refractivity contribution in [3.8, 4) is 5.88 Å². The number of aromatic nitrogens is 2. The number of hydrogen-bond donors (Lipinski definition) is 2. The van der Waals surface area contributed by atoms with Crippen molar-refractivity contribution >= 4 is 17.5 Å². The Morgan fingerprint density at radius 3 is 2.76 bits per heavy atom. The summed E-state index contributed by atoms with van der Waals surface area (Å²) in [7, 11) is 0. The first-order valence-corrected chi connectivity index (χ1v) is 5.93. The van der Waals surface area contributed by atoms with E-state index in [0.717, 1.165) is 19.6 Å². The van der Waals surface area contributed by atoms with E-state index in [-0.39, 0.29) is 5.95 Å². The highest BCUT2D eigenvalue weighted by Crippen LogP contribution is 2.21.